The number of nitrogens with two attached hydrogens (primary N) is 1. The summed E-state index contributed by atoms with van der Waals surface area (Å²) in [5, 5.41) is 4.93. The smallest absolute Gasteiger partial charge is 0.241 e. The molecule has 1 atom stereocenters. The zero-order valence-corrected chi connectivity index (χ0v) is 12.1. The maximum atomic E-state index is 13.6. The van der Waals surface area contributed by atoms with Crippen LogP contribution in [0.15, 0.2) is 18.2 Å². The molecular formula is C14H20FN3O3. The van der Waals surface area contributed by atoms with Crippen molar-refractivity contribution in [3.05, 3.63) is 24.0 Å². The molecule has 0 spiro atoms. The highest BCUT2D eigenvalue weighted by atomic mass is 19.1. The third-order valence-corrected chi connectivity index (χ3v) is 2.74. The SMILES string of the molecule is COCCCC(N)C(=O)Nc1cc(NC(C)=O)ccc1F. The average molecular weight is 297 g/mol. The number of halogens is 1. The van der Waals surface area contributed by atoms with E-state index in [9.17, 15) is 14.0 Å². The van der Waals surface area contributed by atoms with Gasteiger partial charge in [0.15, 0.2) is 0 Å². The van der Waals surface area contributed by atoms with E-state index in [1.807, 2.05) is 0 Å². The number of amides is 2. The maximum absolute atomic E-state index is 13.6. The van der Waals surface area contributed by atoms with E-state index < -0.39 is 17.8 Å². The fourth-order valence-corrected chi connectivity index (χ4v) is 1.71. The number of hydrogen-bond acceptors (Lipinski definition) is 4. The van der Waals surface area contributed by atoms with Crippen LogP contribution in [0.2, 0.25) is 0 Å². The molecule has 1 rings (SSSR count). The van der Waals surface area contributed by atoms with Gasteiger partial charge in [0.05, 0.1) is 11.7 Å². The molecule has 0 saturated carbocycles. The molecule has 0 radical (unpaired) electrons. The summed E-state index contributed by atoms with van der Waals surface area (Å²) in [6, 6.07) is 3.17. The molecule has 4 N–H and O–H groups in total. The van der Waals surface area contributed by atoms with Crippen molar-refractivity contribution in [3.8, 4) is 0 Å². The van der Waals surface area contributed by atoms with Crippen LogP contribution in [0, 0.1) is 5.82 Å². The number of benzene rings is 1. The monoisotopic (exact) mass is 297 g/mol. The van der Waals surface area contributed by atoms with Crippen molar-refractivity contribution >= 4 is 23.2 Å². The summed E-state index contributed by atoms with van der Waals surface area (Å²) in [7, 11) is 1.56. The number of rotatable bonds is 7. The fraction of sp³-hybridized carbons (Fsp3) is 0.429. The zero-order chi connectivity index (χ0) is 15.8. The third kappa shape index (κ3) is 5.88. The first kappa shape index (κ1) is 17.1. The van der Waals surface area contributed by atoms with Crippen molar-refractivity contribution in [1.29, 1.82) is 0 Å². The van der Waals surface area contributed by atoms with Crippen molar-refractivity contribution in [2.75, 3.05) is 24.4 Å². The van der Waals surface area contributed by atoms with Crippen LogP contribution in [0.4, 0.5) is 15.8 Å². The quantitative estimate of drug-likeness (QED) is 0.664. The second kappa shape index (κ2) is 8.33. The molecule has 1 aromatic rings. The lowest BCUT2D eigenvalue weighted by atomic mass is 10.1. The van der Waals surface area contributed by atoms with Gasteiger partial charge in [0.25, 0.3) is 0 Å². The van der Waals surface area contributed by atoms with Crippen molar-refractivity contribution < 1.29 is 18.7 Å². The first-order chi connectivity index (χ1) is 9.93. The normalized spacial score (nSPS) is 11.8. The lowest BCUT2D eigenvalue weighted by Crippen LogP contribution is -2.36. The van der Waals surface area contributed by atoms with Gasteiger partial charge in [-0.25, -0.2) is 4.39 Å². The minimum Gasteiger partial charge on any atom is -0.385 e. The second-order valence-corrected chi connectivity index (χ2v) is 4.61. The van der Waals surface area contributed by atoms with Gasteiger partial charge in [-0.15, -0.1) is 0 Å². The summed E-state index contributed by atoms with van der Waals surface area (Å²) >= 11 is 0. The molecule has 0 bridgehead atoms. The molecule has 2 amide bonds. The number of methoxy groups -OCH3 is 1. The molecule has 0 aliphatic heterocycles. The Kier molecular flexibility index (Phi) is 6.77. The van der Waals surface area contributed by atoms with E-state index in [1.165, 1.54) is 19.1 Å². The van der Waals surface area contributed by atoms with Crippen LogP contribution in [-0.4, -0.2) is 31.6 Å². The largest absolute Gasteiger partial charge is 0.385 e. The van der Waals surface area contributed by atoms with Gasteiger partial charge >= 0.3 is 0 Å². The molecule has 0 aliphatic carbocycles. The maximum Gasteiger partial charge on any atom is 0.241 e. The van der Waals surface area contributed by atoms with E-state index in [0.29, 0.717) is 25.1 Å². The molecule has 0 heterocycles. The summed E-state index contributed by atoms with van der Waals surface area (Å²) in [4.78, 5) is 22.8. The minimum atomic E-state index is -0.746. The summed E-state index contributed by atoms with van der Waals surface area (Å²) in [5.74, 6) is -1.36. The molecule has 0 fully saturated rings. The molecule has 1 unspecified atom stereocenters. The zero-order valence-electron chi connectivity index (χ0n) is 12.1. The van der Waals surface area contributed by atoms with Gasteiger partial charge in [-0.2, -0.15) is 0 Å². The summed E-state index contributed by atoms with van der Waals surface area (Å²) in [6.07, 6.45) is 1.08. The van der Waals surface area contributed by atoms with Crippen molar-refractivity contribution in [3.63, 3.8) is 0 Å². The highest BCUT2D eigenvalue weighted by molar-refractivity contribution is 5.96. The van der Waals surface area contributed by atoms with Gasteiger partial charge < -0.3 is 21.1 Å². The van der Waals surface area contributed by atoms with Gasteiger partial charge in [0, 0.05) is 26.3 Å². The second-order valence-electron chi connectivity index (χ2n) is 4.61. The Labute approximate surface area is 122 Å². The number of carbonyl (C=O) groups is 2. The van der Waals surface area contributed by atoms with Crippen LogP contribution < -0.4 is 16.4 Å². The molecule has 7 heteroatoms. The summed E-state index contributed by atoms with van der Waals surface area (Å²) < 4.78 is 18.5. The lowest BCUT2D eigenvalue weighted by molar-refractivity contribution is -0.117. The number of hydrogen-bond donors (Lipinski definition) is 3. The van der Waals surface area contributed by atoms with Crippen LogP contribution in [0.5, 0.6) is 0 Å². The number of anilines is 2. The Morgan fingerprint density at radius 1 is 1.38 bits per heavy atom. The highest BCUT2D eigenvalue weighted by Crippen LogP contribution is 2.20. The molecule has 116 valence electrons. The van der Waals surface area contributed by atoms with Crippen LogP contribution >= 0.6 is 0 Å². The van der Waals surface area contributed by atoms with E-state index in [-0.39, 0.29) is 11.6 Å². The van der Waals surface area contributed by atoms with Gasteiger partial charge in [-0.1, -0.05) is 0 Å². The van der Waals surface area contributed by atoms with Crippen molar-refractivity contribution in [2.45, 2.75) is 25.8 Å². The molecule has 21 heavy (non-hydrogen) atoms. The highest BCUT2D eigenvalue weighted by Gasteiger charge is 2.15. The first-order valence-electron chi connectivity index (χ1n) is 6.56. The summed E-state index contributed by atoms with van der Waals surface area (Å²) in [6.45, 7) is 1.85. The van der Waals surface area contributed by atoms with E-state index in [2.05, 4.69) is 10.6 Å². The first-order valence-corrected chi connectivity index (χ1v) is 6.56. The molecule has 0 saturated heterocycles. The molecule has 6 nitrogen and oxygen atoms in total. The van der Waals surface area contributed by atoms with E-state index in [1.54, 1.807) is 7.11 Å². The molecule has 0 aliphatic rings. The predicted molar refractivity (Wildman–Crippen MR) is 78.4 cm³/mol. The van der Waals surface area contributed by atoms with Gasteiger partial charge in [-0.3, -0.25) is 9.59 Å². The standard InChI is InChI=1S/C14H20FN3O3/c1-9(19)17-10-5-6-11(15)13(8-10)18-14(20)12(16)4-3-7-21-2/h5-6,8,12H,3-4,7,16H2,1-2H3,(H,17,19)(H,18,20). The fourth-order valence-electron chi connectivity index (χ4n) is 1.71. The van der Waals surface area contributed by atoms with Crippen molar-refractivity contribution in [1.82, 2.24) is 0 Å². The van der Waals surface area contributed by atoms with Crippen LogP contribution in [0.3, 0.4) is 0 Å². The van der Waals surface area contributed by atoms with Crippen LogP contribution in [-0.2, 0) is 14.3 Å². The van der Waals surface area contributed by atoms with E-state index in [4.69, 9.17) is 10.5 Å². The Hall–Kier alpha value is -1.99. The predicted octanol–water partition coefficient (Wildman–Crippen LogP) is 1.48. The summed E-state index contributed by atoms with van der Waals surface area (Å²) in [5.41, 5.74) is 6.09. The van der Waals surface area contributed by atoms with E-state index >= 15 is 0 Å². The number of carbonyl (C=O) groups excluding carboxylic acids is 2. The van der Waals surface area contributed by atoms with Gasteiger partial charge in [-0.05, 0) is 31.0 Å². The number of nitrogens with one attached hydrogen (secondary N) is 2. The molecule has 1 aromatic carbocycles. The Morgan fingerprint density at radius 2 is 2.10 bits per heavy atom. The Balaban J connectivity index is 2.68. The molecule has 0 aromatic heterocycles. The molecular weight excluding hydrogens is 277 g/mol. The van der Waals surface area contributed by atoms with Gasteiger partial charge in [0.2, 0.25) is 11.8 Å². The third-order valence-electron chi connectivity index (χ3n) is 2.74. The average Bonchev–Trinajstić information content (AvgIpc) is 2.42. The minimum absolute atomic E-state index is 0.0200. The Morgan fingerprint density at radius 3 is 2.71 bits per heavy atom. The van der Waals surface area contributed by atoms with Crippen LogP contribution in [0.1, 0.15) is 19.8 Å². The topological polar surface area (TPSA) is 93.4 Å². The van der Waals surface area contributed by atoms with Gasteiger partial charge in [0.1, 0.15) is 5.82 Å². The Bertz CT molecular complexity index is 508. The van der Waals surface area contributed by atoms with Crippen LogP contribution in [0.25, 0.3) is 0 Å². The van der Waals surface area contributed by atoms with Crippen molar-refractivity contribution in [2.24, 2.45) is 5.73 Å². The number of ether oxygens (including phenoxy) is 1. The lowest BCUT2D eigenvalue weighted by Gasteiger charge is -2.13. The van der Waals surface area contributed by atoms with E-state index in [0.717, 1.165) is 6.07 Å².